The number of nitrogens with zero attached hydrogens (tertiary/aromatic N) is 1. The normalized spacial score (nSPS) is 13.0. The minimum atomic E-state index is -1.02. The van der Waals surface area contributed by atoms with Crippen molar-refractivity contribution in [1.82, 2.24) is 15.6 Å². The minimum Gasteiger partial charge on any atom is -0.508 e. The Morgan fingerprint density at radius 3 is 2.60 bits per heavy atom. The van der Waals surface area contributed by atoms with Crippen molar-refractivity contribution in [3.05, 3.63) is 59.4 Å². The molecule has 7 heteroatoms. The number of phenols is 1. The summed E-state index contributed by atoms with van der Waals surface area (Å²) < 4.78 is 0. The number of hydrogen-bond donors (Lipinski definition) is 4. The minimum absolute atomic E-state index is 0.131. The molecule has 0 aliphatic carbocycles. The number of amides is 1. The number of carbonyl (C=O) groups excluding carboxylic acids is 1. The van der Waals surface area contributed by atoms with Crippen LogP contribution in [-0.4, -0.2) is 33.1 Å². The number of carboxylic acid groups (broad SMARTS) is 1. The maximum atomic E-state index is 12.2. The zero-order valence-electron chi connectivity index (χ0n) is 14.1. The third-order valence-corrected chi connectivity index (χ3v) is 3.81. The lowest BCUT2D eigenvalue weighted by molar-refractivity contribution is -0.123. The van der Waals surface area contributed by atoms with E-state index in [9.17, 15) is 14.7 Å². The van der Waals surface area contributed by atoms with Crippen LogP contribution in [0.2, 0.25) is 0 Å². The Kier molecular flexibility index (Phi) is 6.08. The van der Waals surface area contributed by atoms with Crippen molar-refractivity contribution in [3.8, 4) is 5.75 Å². The highest BCUT2D eigenvalue weighted by molar-refractivity contribution is 5.87. The average molecular weight is 343 g/mol. The molecule has 2 rings (SSSR count). The molecule has 7 nitrogen and oxygen atoms in total. The monoisotopic (exact) mass is 343 g/mol. The van der Waals surface area contributed by atoms with Crippen molar-refractivity contribution in [2.75, 3.05) is 0 Å². The predicted octanol–water partition coefficient (Wildman–Crippen LogP) is 1.84. The molecule has 0 saturated carbocycles. The smallest absolute Gasteiger partial charge is 0.335 e. The van der Waals surface area contributed by atoms with Gasteiger partial charge in [-0.3, -0.25) is 15.1 Å². The van der Waals surface area contributed by atoms with Gasteiger partial charge >= 0.3 is 5.97 Å². The second-order valence-electron chi connectivity index (χ2n) is 5.73. The molecular formula is C18H21N3O4. The summed E-state index contributed by atoms with van der Waals surface area (Å²) in [6, 6.07) is 8.87. The van der Waals surface area contributed by atoms with Gasteiger partial charge < -0.3 is 15.5 Å². The van der Waals surface area contributed by atoms with Crippen molar-refractivity contribution in [2.45, 2.75) is 32.5 Å². The number of benzene rings is 1. The standard InChI is InChI=1S/C18H21N3O4/c1-11(15-9-13(18(24)25)7-8-19-15)21-12(2)17(23)20-10-14-5-3-4-6-16(14)22/h3-9,11-12,21-22H,10H2,1-2H3,(H,20,23)(H,24,25). The fraction of sp³-hybridized carbons (Fsp3) is 0.278. The first kappa shape index (κ1) is 18.4. The van der Waals surface area contributed by atoms with Crippen molar-refractivity contribution in [1.29, 1.82) is 0 Å². The molecule has 0 saturated heterocycles. The Balaban J connectivity index is 1.93. The number of carbonyl (C=O) groups is 2. The lowest BCUT2D eigenvalue weighted by Crippen LogP contribution is -2.43. The van der Waals surface area contributed by atoms with E-state index in [1.165, 1.54) is 18.3 Å². The molecule has 2 aromatic rings. The summed E-state index contributed by atoms with van der Waals surface area (Å²) >= 11 is 0. The fourth-order valence-electron chi connectivity index (χ4n) is 2.35. The van der Waals surface area contributed by atoms with Crippen LogP contribution in [0.3, 0.4) is 0 Å². The van der Waals surface area contributed by atoms with Crippen LogP contribution in [0.25, 0.3) is 0 Å². The SMILES string of the molecule is CC(NC(C)c1cc(C(=O)O)ccn1)C(=O)NCc1ccccc1O. The number of phenolic OH excluding ortho intramolecular Hbond substituents is 1. The van der Waals surface area contributed by atoms with E-state index in [1.54, 1.807) is 38.1 Å². The second kappa shape index (κ2) is 8.25. The molecule has 2 atom stereocenters. The van der Waals surface area contributed by atoms with E-state index in [4.69, 9.17) is 5.11 Å². The summed E-state index contributed by atoms with van der Waals surface area (Å²) in [5.41, 5.74) is 1.32. The number of aromatic carboxylic acids is 1. The first-order chi connectivity index (χ1) is 11.9. The second-order valence-corrected chi connectivity index (χ2v) is 5.73. The van der Waals surface area contributed by atoms with Gasteiger partial charge in [0, 0.05) is 24.3 Å². The van der Waals surface area contributed by atoms with Crippen LogP contribution in [0.4, 0.5) is 0 Å². The number of aromatic hydroxyl groups is 1. The zero-order valence-corrected chi connectivity index (χ0v) is 14.1. The van der Waals surface area contributed by atoms with Gasteiger partial charge in [0.05, 0.1) is 17.3 Å². The molecule has 4 N–H and O–H groups in total. The van der Waals surface area contributed by atoms with E-state index in [0.717, 1.165) is 0 Å². The lowest BCUT2D eigenvalue weighted by atomic mass is 10.1. The van der Waals surface area contributed by atoms with Gasteiger partial charge in [-0.1, -0.05) is 18.2 Å². The third-order valence-electron chi connectivity index (χ3n) is 3.81. The number of aromatic nitrogens is 1. The van der Waals surface area contributed by atoms with E-state index in [-0.39, 0.29) is 29.8 Å². The van der Waals surface area contributed by atoms with Gasteiger partial charge in [0.25, 0.3) is 0 Å². The van der Waals surface area contributed by atoms with Crippen molar-refractivity contribution in [2.24, 2.45) is 0 Å². The lowest BCUT2D eigenvalue weighted by Gasteiger charge is -2.19. The van der Waals surface area contributed by atoms with Gasteiger partial charge in [-0.25, -0.2) is 4.79 Å². The fourth-order valence-corrected chi connectivity index (χ4v) is 2.35. The third kappa shape index (κ3) is 5.02. The predicted molar refractivity (Wildman–Crippen MR) is 92.2 cm³/mol. The van der Waals surface area contributed by atoms with Crippen LogP contribution in [0.5, 0.6) is 5.75 Å². The molecule has 0 fully saturated rings. The van der Waals surface area contributed by atoms with Crippen LogP contribution in [-0.2, 0) is 11.3 Å². The zero-order chi connectivity index (χ0) is 18.4. The topological polar surface area (TPSA) is 112 Å². The van der Waals surface area contributed by atoms with E-state index >= 15 is 0 Å². The van der Waals surface area contributed by atoms with Crippen molar-refractivity contribution < 1.29 is 19.8 Å². The molecule has 0 radical (unpaired) electrons. The molecule has 0 aliphatic rings. The van der Waals surface area contributed by atoms with E-state index in [2.05, 4.69) is 15.6 Å². The van der Waals surface area contributed by atoms with Crippen molar-refractivity contribution in [3.63, 3.8) is 0 Å². The van der Waals surface area contributed by atoms with Crippen LogP contribution in [0.1, 0.15) is 41.5 Å². The Hall–Kier alpha value is -2.93. The number of hydrogen-bond acceptors (Lipinski definition) is 5. The van der Waals surface area contributed by atoms with Crippen LogP contribution < -0.4 is 10.6 Å². The highest BCUT2D eigenvalue weighted by atomic mass is 16.4. The first-order valence-corrected chi connectivity index (χ1v) is 7.88. The Labute approximate surface area is 145 Å². The Morgan fingerprint density at radius 1 is 1.20 bits per heavy atom. The van der Waals surface area contributed by atoms with Gasteiger partial charge in [0.2, 0.25) is 5.91 Å². The number of rotatable bonds is 7. The Morgan fingerprint density at radius 2 is 1.92 bits per heavy atom. The number of pyridine rings is 1. The summed E-state index contributed by atoms with van der Waals surface area (Å²) in [6.07, 6.45) is 1.43. The molecule has 1 aromatic carbocycles. The molecule has 0 spiro atoms. The molecular weight excluding hydrogens is 322 g/mol. The maximum absolute atomic E-state index is 12.2. The molecule has 0 bridgehead atoms. The van der Waals surface area contributed by atoms with E-state index in [1.807, 2.05) is 0 Å². The van der Waals surface area contributed by atoms with Gasteiger partial charge in [-0.05, 0) is 32.0 Å². The number of carboxylic acids is 1. The molecule has 0 aliphatic heterocycles. The van der Waals surface area contributed by atoms with Gasteiger partial charge in [-0.2, -0.15) is 0 Å². The van der Waals surface area contributed by atoms with Crippen molar-refractivity contribution >= 4 is 11.9 Å². The van der Waals surface area contributed by atoms with E-state index in [0.29, 0.717) is 11.3 Å². The summed E-state index contributed by atoms with van der Waals surface area (Å²) in [7, 11) is 0. The summed E-state index contributed by atoms with van der Waals surface area (Å²) in [6.45, 7) is 3.73. The van der Waals surface area contributed by atoms with Crippen LogP contribution in [0.15, 0.2) is 42.6 Å². The molecule has 132 valence electrons. The Bertz CT molecular complexity index is 763. The van der Waals surface area contributed by atoms with Gasteiger partial charge in [0.1, 0.15) is 5.75 Å². The average Bonchev–Trinajstić information content (AvgIpc) is 2.60. The van der Waals surface area contributed by atoms with E-state index < -0.39 is 12.0 Å². The largest absolute Gasteiger partial charge is 0.508 e. The highest BCUT2D eigenvalue weighted by Gasteiger charge is 2.18. The number of para-hydroxylation sites is 1. The van der Waals surface area contributed by atoms with Crippen LogP contribution >= 0.6 is 0 Å². The maximum Gasteiger partial charge on any atom is 0.335 e. The highest BCUT2D eigenvalue weighted by Crippen LogP contribution is 2.15. The van der Waals surface area contributed by atoms with Crippen LogP contribution in [0, 0.1) is 0 Å². The van der Waals surface area contributed by atoms with Gasteiger partial charge in [0.15, 0.2) is 0 Å². The molecule has 2 unspecified atom stereocenters. The molecule has 25 heavy (non-hydrogen) atoms. The quantitative estimate of drug-likeness (QED) is 0.610. The first-order valence-electron chi connectivity index (χ1n) is 7.88. The number of nitrogens with one attached hydrogen (secondary N) is 2. The summed E-state index contributed by atoms with van der Waals surface area (Å²) in [4.78, 5) is 27.4. The molecule has 1 amide bonds. The summed E-state index contributed by atoms with van der Waals surface area (Å²) in [5.74, 6) is -1.12. The van der Waals surface area contributed by atoms with Gasteiger partial charge in [-0.15, -0.1) is 0 Å². The molecule has 1 aromatic heterocycles. The summed E-state index contributed by atoms with van der Waals surface area (Å²) in [5, 5.41) is 24.6. The molecule has 1 heterocycles.